The Morgan fingerprint density at radius 3 is 3.00 bits per heavy atom. The minimum absolute atomic E-state index is 0.201. The van der Waals surface area contributed by atoms with E-state index in [1.807, 2.05) is 0 Å². The van der Waals surface area contributed by atoms with Crippen LogP contribution in [0.1, 0.15) is 32.6 Å². The van der Waals surface area contributed by atoms with E-state index < -0.39 is 12.0 Å². The summed E-state index contributed by atoms with van der Waals surface area (Å²) in [6.45, 7) is 2.53. The lowest BCUT2D eigenvalue weighted by molar-refractivity contribution is -0.126. The average Bonchev–Trinajstić information content (AvgIpc) is 2.32. The number of aliphatic hydroxyl groups is 1. The largest absolute Gasteiger partial charge is 0.389 e. The minimum atomic E-state index is -0.643. The predicted octanol–water partition coefficient (Wildman–Crippen LogP) is -0.0509. The maximum absolute atomic E-state index is 10.4. The Hall–Kier alpha value is -0.690. The van der Waals surface area contributed by atoms with E-state index in [1.54, 1.807) is 0 Å². The van der Waals surface area contributed by atoms with Gasteiger partial charge in [-0.2, -0.15) is 5.48 Å². The summed E-state index contributed by atoms with van der Waals surface area (Å²) in [4.78, 5) is 15.1. The zero-order valence-electron chi connectivity index (χ0n) is 10.9. The van der Waals surface area contributed by atoms with E-state index in [0.717, 1.165) is 12.8 Å². The lowest BCUT2D eigenvalue weighted by atomic mass is 9.89. The first-order valence-corrected chi connectivity index (χ1v) is 6.50. The van der Waals surface area contributed by atoms with Crippen molar-refractivity contribution in [3.05, 3.63) is 0 Å². The number of hydroxylamine groups is 1. The lowest BCUT2D eigenvalue weighted by Crippen LogP contribution is -2.34. The Morgan fingerprint density at radius 1 is 1.56 bits per heavy atom. The van der Waals surface area contributed by atoms with Crippen LogP contribution in [0.3, 0.4) is 0 Å². The van der Waals surface area contributed by atoms with Crippen molar-refractivity contribution in [3.63, 3.8) is 0 Å². The fourth-order valence-electron chi connectivity index (χ4n) is 2.11. The Kier molecular flexibility index (Phi) is 7.19. The lowest BCUT2D eigenvalue weighted by Gasteiger charge is -2.27. The van der Waals surface area contributed by atoms with E-state index in [9.17, 15) is 9.90 Å². The molecule has 4 N–H and O–H groups in total. The first-order valence-electron chi connectivity index (χ1n) is 6.50. The number of nitrogens with two attached hydrogens (primary N) is 1. The third kappa shape index (κ3) is 6.90. The summed E-state index contributed by atoms with van der Waals surface area (Å²) in [5.41, 5.74) is 7.37. The molecule has 1 saturated carbocycles. The van der Waals surface area contributed by atoms with Crippen molar-refractivity contribution in [2.45, 2.75) is 44.8 Å². The highest BCUT2D eigenvalue weighted by molar-refractivity contribution is 5.74. The van der Waals surface area contributed by atoms with Gasteiger partial charge in [-0.25, -0.2) is 0 Å². The molecule has 0 aromatic heterocycles. The molecule has 3 unspecified atom stereocenters. The third-order valence-corrected chi connectivity index (χ3v) is 3.05. The summed E-state index contributed by atoms with van der Waals surface area (Å²) in [7, 11) is 0. The molecule has 0 radical (unpaired) electrons. The Bertz CT molecular complexity index is 250. The number of carbonyl (C=O) groups excluding carboxylic acids is 1. The van der Waals surface area contributed by atoms with Crippen molar-refractivity contribution in [1.82, 2.24) is 5.48 Å². The smallest absolute Gasteiger partial charge is 0.245 e. The molecule has 6 heteroatoms. The van der Waals surface area contributed by atoms with Gasteiger partial charge in [-0.05, 0) is 18.8 Å². The van der Waals surface area contributed by atoms with Crippen LogP contribution in [0.15, 0.2) is 0 Å². The molecule has 0 aromatic carbocycles. The van der Waals surface area contributed by atoms with Crippen molar-refractivity contribution in [2.75, 3.05) is 19.8 Å². The van der Waals surface area contributed by atoms with Gasteiger partial charge in [0.2, 0.25) is 5.91 Å². The molecule has 1 aliphatic carbocycles. The molecule has 0 spiro atoms. The SMILES string of the molecule is CC1CCCC(OCC(O)CNOCC(N)=O)C1. The highest BCUT2D eigenvalue weighted by atomic mass is 16.6. The first-order chi connectivity index (χ1) is 8.58. The molecule has 0 aromatic rings. The monoisotopic (exact) mass is 260 g/mol. The molecule has 0 saturated heterocycles. The summed E-state index contributed by atoms with van der Waals surface area (Å²) < 4.78 is 5.66. The van der Waals surface area contributed by atoms with Gasteiger partial charge in [0.05, 0.1) is 18.8 Å². The number of primary amides is 1. The number of carbonyl (C=O) groups is 1. The van der Waals surface area contributed by atoms with E-state index in [4.69, 9.17) is 15.3 Å². The van der Waals surface area contributed by atoms with Gasteiger partial charge in [0, 0.05) is 6.54 Å². The Labute approximate surface area is 108 Å². The van der Waals surface area contributed by atoms with Crippen LogP contribution in [-0.2, 0) is 14.4 Å². The zero-order chi connectivity index (χ0) is 13.4. The molecule has 1 aliphatic rings. The van der Waals surface area contributed by atoms with E-state index in [1.165, 1.54) is 12.8 Å². The molecule has 1 rings (SSSR count). The van der Waals surface area contributed by atoms with Gasteiger partial charge in [0.1, 0.15) is 6.61 Å². The van der Waals surface area contributed by atoms with Crippen LogP contribution in [0.2, 0.25) is 0 Å². The molecule has 18 heavy (non-hydrogen) atoms. The van der Waals surface area contributed by atoms with Crippen LogP contribution in [0.25, 0.3) is 0 Å². The second-order valence-electron chi connectivity index (χ2n) is 4.98. The Balaban J connectivity index is 2.02. The number of rotatable bonds is 8. The molecular formula is C12H24N2O4. The Morgan fingerprint density at radius 2 is 2.33 bits per heavy atom. The highest BCUT2D eigenvalue weighted by Gasteiger charge is 2.20. The fourth-order valence-corrected chi connectivity index (χ4v) is 2.11. The summed E-state index contributed by atoms with van der Waals surface area (Å²) in [5, 5.41) is 9.63. The molecule has 6 nitrogen and oxygen atoms in total. The number of hydrogen-bond acceptors (Lipinski definition) is 5. The van der Waals surface area contributed by atoms with Crippen molar-refractivity contribution in [3.8, 4) is 0 Å². The summed E-state index contributed by atoms with van der Waals surface area (Å²) in [5.74, 6) is 0.155. The summed E-state index contributed by atoms with van der Waals surface area (Å²) in [6, 6.07) is 0. The first kappa shape index (κ1) is 15.4. The topological polar surface area (TPSA) is 93.8 Å². The van der Waals surface area contributed by atoms with Crippen LogP contribution in [0.5, 0.6) is 0 Å². The number of aliphatic hydroxyl groups excluding tert-OH is 1. The summed E-state index contributed by atoms with van der Waals surface area (Å²) in [6.07, 6.45) is 4.22. The highest BCUT2D eigenvalue weighted by Crippen LogP contribution is 2.25. The van der Waals surface area contributed by atoms with Crippen LogP contribution in [0.4, 0.5) is 0 Å². The molecule has 1 fully saturated rings. The summed E-state index contributed by atoms with van der Waals surface area (Å²) >= 11 is 0. The van der Waals surface area contributed by atoms with Gasteiger partial charge < -0.3 is 15.6 Å². The van der Waals surface area contributed by atoms with Crippen LogP contribution < -0.4 is 11.2 Å². The molecule has 106 valence electrons. The van der Waals surface area contributed by atoms with Gasteiger partial charge >= 0.3 is 0 Å². The number of nitrogens with one attached hydrogen (secondary N) is 1. The molecule has 1 amide bonds. The molecule has 0 bridgehead atoms. The standard InChI is InChI=1S/C12H24N2O4/c1-9-3-2-4-11(5-9)17-7-10(15)6-14-18-8-12(13)16/h9-11,14-15H,2-8H2,1H3,(H2,13,16). The zero-order valence-corrected chi connectivity index (χ0v) is 10.9. The molecular weight excluding hydrogens is 236 g/mol. The minimum Gasteiger partial charge on any atom is -0.389 e. The quantitative estimate of drug-likeness (QED) is 0.420. The van der Waals surface area contributed by atoms with Gasteiger partial charge in [-0.15, -0.1) is 0 Å². The van der Waals surface area contributed by atoms with Gasteiger partial charge in [0.25, 0.3) is 0 Å². The van der Waals surface area contributed by atoms with Gasteiger partial charge in [-0.3, -0.25) is 9.63 Å². The van der Waals surface area contributed by atoms with Crippen molar-refractivity contribution in [1.29, 1.82) is 0 Å². The van der Waals surface area contributed by atoms with E-state index in [2.05, 4.69) is 12.4 Å². The molecule has 0 aliphatic heterocycles. The maximum Gasteiger partial charge on any atom is 0.245 e. The van der Waals surface area contributed by atoms with Crippen molar-refractivity contribution >= 4 is 5.91 Å². The second kappa shape index (κ2) is 8.42. The van der Waals surface area contributed by atoms with Crippen molar-refractivity contribution in [2.24, 2.45) is 11.7 Å². The normalized spacial score (nSPS) is 25.9. The van der Waals surface area contributed by atoms with Gasteiger partial charge in [-0.1, -0.05) is 19.8 Å². The third-order valence-electron chi connectivity index (χ3n) is 3.05. The van der Waals surface area contributed by atoms with Gasteiger partial charge in [0.15, 0.2) is 0 Å². The number of hydrogen-bond donors (Lipinski definition) is 3. The average molecular weight is 260 g/mol. The second-order valence-corrected chi connectivity index (χ2v) is 4.98. The number of ether oxygens (including phenoxy) is 1. The van der Waals surface area contributed by atoms with Crippen LogP contribution in [0, 0.1) is 5.92 Å². The van der Waals surface area contributed by atoms with Crippen molar-refractivity contribution < 1.29 is 19.5 Å². The predicted molar refractivity (Wildman–Crippen MR) is 66.5 cm³/mol. The van der Waals surface area contributed by atoms with Crippen LogP contribution in [-0.4, -0.2) is 43.0 Å². The van der Waals surface area contributed by atoms with E-state index in [-0.39, 0.29) is 25.9 Å². The molecule has 0 heterocycles. The molecule has 3 atom stereocenters. The van der Waals surface area contributed by atoms with E-state index in [0.29, 0.717) is 5.92 Å². The maximum atomic E-state index is 10.4. The number of amides is 1. The fraction of sp³-hybridized carbons (Fsp3) is 0.917. The van der Waals surface area contributed by atoms with Crippen LogP contribution >= 0.6 is 0 Å². The van der Waals surface area contributed by atoms with E-state index >= 15 is 0 Å².